The Morgan fingerprint density at radius 1 is 1.00 bits per heavy atom. The summed E-state index contributed by atoms with van der Waals surface area (Å²) in [6, 6.07) is 8.83. The lowest BCUT2D eigenvalue weighted by atomic mass is 9.77. The van der Waals surface area contributed by atoms with Gasteiger partial charge >= 0.3 is 0 Å². The fourth-order valence-electron chi connectivity index (χ4n) is 3.36. The average Bonchev–Trinajstić information content (AvgIpc) is 2.96. The Bertz CT molecular complexity index is 392. The lowest BCUT2D eigenvalue weighted by molar-refractivity contribution is -0.0441. The Kier molecular flexibility index (Phi) is 4.19. The van der Waals surface area contributed by atoms with Gasteiger partial charge in [0.1, 0.15) is 0 Å². The molecule has 0 amide bonds. The van der Waals surface area contributed by atoms with Gasteiger partial charge in [-0.2, -0.15) is 0 Å². The monoisotopic (exact) mass is 260 g/mol. The zero-order chi connectivity index (χ0) is 13.1. The lowest BCUT2D eigenvalue weighted by Gasteiger charge is -2.28. The molecule has 1 heterocycles. The highest BCUT2D eigenvalue weighted by Gasteiger charge is 2.22. The second-order valence-corrected chi connectivity index (χ2v) is 6.04. The van der Waals surface area contributed by atoms with Gasteiger partial charge in [-0.05, 0) is 30.2 Å². The fourth-order valence-corrected chi connectivity index (χ4v) is 3.36. The zero-order valence-electron chi connectivity index (χ0n) is 11.8. The van der Waals surface area contributed by atoms with Crippen molar-refractivity contribution in [1.82, 2.24) is 0 Å². The minimum absolute atomic E-state index is 0.136. The van der Waals surface area contributed by atoms with E-state index in [0.29, 0.717) is 13.2 Å². The number of benzene rings is 1. The molecule has 2 atom stereocenters. The molecule has 0 N–H and O–H groups in total. The Hall–Kier alpha value is -0.860. The van der Waals surface area contributed by atoms with Crippen LogP contribution >= 0.6 is 0 Å². The second kappa shape index (κ2) is 6.06. The summed E-state index contributed by atoms with van der Waals surface area (Å²) >= 11 is 0. The van der Waals surface area contributed by atoms with Crippen LogP contribution in [0.25, 0.3) is 0 Å². The Balaban J connectivity index is 1.62. The molecule has 0 radical (unpaired) electrons. The maximum absolute atomic E-state index is 5.52. The summed E-state index contributed by atoms with van der Waals surface area (Å²) < 4.78 is 11.0. The summed E-state index contributed by atoms with van der Waals surface area (Å²) in [5, 5.41) is 0. The summed E-state index contributed by atoms with van der Waals surface area (Å²) in [5.74, 6) is 1.76. The van der Waals surface area contributed by atoms with Gasteiger partial charge in [0.25, 0.3) is 0 Å². The van der Waals surface area contributed by atoms with E-state index in [1.165, 1.54) is 37.7 Å². The van der Waals surface area contributed by atoms with Gasteiger partial charge in [-0.15, -0.1) is 0 Å². The van der Waals surface area contributed by atoms with Crippen LogP contribution in [0.2, 0.25) is 0 Å². The highest BCUT2D eigenvalue weighted by atomic mass is 16.7. The SMILES string of the molecule is CC1CCCCC1Cc1ccc(C2OCCO2)cc1. The molecular weight excluding hydrogens is 236 g/mol. The van der Waals surface area contributed by atoms with Gasteiger partial charge in [0.05, 0.1) is 13.2 Å². The molecule has 1 aliphatic carbocycles. The van der Waals surface area contributed by atoms with Gasteiger partial charge in [-0.3, -0.25) is 0 Å². The minimum Gasteiger partial charge on any atom is -0.346 e. The Morgan fingerprint density at radius 3 is 2.37 bits per heavy atom. The van der Waals surface area contributed by atoms with Gasteiger partial charge in [-0.1, -0.05) is 50.5 Å². The predicted molar refractivity (Wildman–Crippen MR) is 75.9 cm³/mol. The Morgan fingerprint density at radius 2 is 1.68 bits per heavy atom. The van der Waals surface area contributed by atoms with Crippen LogP contribution in [0.4, 0.5) is 0 Å². The quantitative estimate of drug-likeness (QED) is 0.814. The van der Waals surface area contributed by atoms with E-state index in [1.807, 2.05) is 0 Å². The molecule has 2 heteroatoms. The third kappa shape index (κ3) is 3.18. The van der Waals surface area contributed by atoms with E-state index in [4.69, 9.17) is 9.47 Å². The van der Waals surface area contributed by atoms with Crippen molar-refractivity contribution in [1.29, 1.82) is 0 Å². The van der Waals surface area contributed by atoms with Crippen LogP contribution in [-0.4, -0.2) is 13.2 Å². The first kappa shape index (κ1) is 13.1. The molecule has 1 aliphatic heterocycles. The first-order valence-electron chi connectivity index (χ1n) is 7.65. The summed E-state index contributed by atoms with van der Waals surface area (Å²) in [4.78, 5) is 0. The molecule has 2 nitrogen and oxygen atoms in total. The molecule has 2 fully saturated rings. The topological polar surface area (TPSA) is 18.5 Å². The molecule has 0 bridgehead atoms. The van der Waals surface area contributed by atoms with Crippen molar-refractivity contribution in [2.24, 2.45) is 11.8 Å². The lowest BCUT2D eigenvalue weighted by Crippen LogP contribution is -2.18. The van der Waals surface area contributed by atoms with Crippen LogP contribution in [0.15, 0.2) is 24.3 Å². The van der Waals surface area contributed by atoms with Crippen LogP contribution in [0.3, 0.4) is 0 Å². The fraction of sp³-hybridized carbons (Fsp3) is 0.647. The molecule has 1 saturated heterocycles. The molecule has 0 spiro atoms. The molecule has 2 unspecified atom stereocenters. The number of hydrogen-bond acceptors (Lipinski definition) is 2. The smallest absolute Gasteiger partial charge is 0.184 e. The van der Waals surface area contributed by atoms with E-state index >= 15 is 0 Å². The first-order valence-corrected chi connectivity index (χ1v) is 7.65. The van der Waals surface area contributed by atoms with Crippen molar-refractivity contribution in [2.75, 3.05) is 13.2 Å². The zero-order valence-corrected chi connectivity index (χ0v) is 11.8. The van der Waals surface area contributed by atoms with Crippen LogP contribution < -0.4 is 0 Å². The highest BCUT2D eigenvalue weighted by Crippen LogP contribution is 2.32. The summed E-state index contributed by atoms with van der Waals surface area (Å²) in [7, 11) is 0. The van der Waals surface area contributed by atoms with Crippen LogP contribution in [-0.2, 0) is 15.9 Å². The van der Waals surface area contributed by atoms with Gasteiger partial charge in [0, 0.05) is 5.56 Å². The Labute approximate surface area is 116 Å². The molecule has 3 rings (SSSR count). The maximum Gasteiger partial charge on any atom is 0.184 e. The standard InChI is InChI=1S/C17H24O2/c1-13-4-2-3-5-16(13)12-14-6-8-15(9-7-14)17-18-10-11-19-17/h6-9,13,16-17H,2-5,10-12H2,1H3. The van der Waals surface area contributed by atoms with Gasteiger partial charge in [-0.25, -0.2) is 0 Å². The minimum atomic E-state index is -0.136. The maximum atomic E-state index is 5.52. The summed E-state index contributed by atoms with van der Waals surface area (Å²) in [6.07, 6.45) is 6.74. The highest BCUT2D eigenvalue weighted by molar-refractivity contribution is 5.24. The third-order valence-corrected chi connectivity index (χ3v) is 4.66. The first-order chi connectivity index (χ1) is 9.33. The molecule has 1 aromatic rings. The molecular formula is C17H24O2. The van der Waals surface area contributed by atoms with Crippen molar-refractivity contribution in [3.63, 3.8) is 0 Å². The summed E-state index contributed by atoms with van der Waals surface area (Å²) in [5.41, 5.74) is 2.61. The molecule has 19 heavy (non-hydrogen) atoms. The van der Waals surface area contributed by atoms with E-state index in [-0.39, 0.29) is 6.29 Å². The average molecular weight is 260 g/mol. The molecule has 0 aromatic heterocycles. The van der Waals surface area contributed by atoms with Crippen molar-refractivity contribution < 1.29 is 9.47 Å². The normalized spacial score (nSPS) is 28.7. The molecule has 1 aromatic carbocycles. The van der Waals surface area contributed by atoms with E-state index in [1.54, 1.807) is 0 Å². The predicted octanol–water partition coefficient (Wildman–Crippen LogP) is 4.10. The van der Waals surface area contributed by atoms with E-state index < -0.39 is 0 Å². The number of hydrogen-bond donors (Lipinski definition) is 0. The van der Waals surface area contributed by atoms with Crippen molar-refractivity contribution in [2.45, 2.75) is 45.3 Å². The van der Waals surface area contributed by atoms with Crippen molar-refractivity contribution in [3.8, 4) is 0 Å². The van der Waals surface area contributed by atoms with E-state index in [2.05, 4.69) is 31.2 Å². The van der Waals surface area contributed by atoms with Crippen molar-refractivity contribution >= 4 is 0 Å². The number of ether oxygens (including phenoxy) is 2. The molecule has 104 valence electrons. The van der Waals surface area contributed by atoms with Gasteiger partial charge in [0.15, 0.2) is 6.29 Å². The van der Waals surface area contributed by atoms with E-state index in [0.717, 1.165) is 17.4 Å². The van der Waals surface area contributed by atoms with E-state index in [9.17, 15) is 0 Å². The van der Waals surface area contributed by atoms with Crippen LogP contribution in [0.1, 0.15) is 50.0 Å². The van der Waals surface area contributed by atoms with Crippen LogP contribution in [0.5, 0.6) is 0 Å². The largest absolute Gasteiger partial charge is 0.346 e. The van der Waals surface area contributed by atoms with Crippen molar-refractivity contribution in [3.05, 3.63) is 35.4 Å². The number of rotatable bonds is 3. The third-order valence-electron chi connectivity index (χ3n) is 4.66. The molecule has 2 aliphatic rings. The second-order valence-electron chi connectivity index (χ2n) is 6.04. The van der Waals surface area contributed by atoms with Gasteiger partial charge < -0.3 is 9.47 Å². The van der Waals surface area contributed by atoms with Gasteiger partial charge in [0.2, 0.25) is 0 Å². The molecule has 1 saturated carbocycles. The summed E-state index contributed by atoms with van der Waals surface area (Å²) in [6.45, 7) is 3.84. The van der Waals surface area contributed by atoms with Crippen LogP contribution in [0, 0.1) is 11.8 Å².